The summed E-state index contributed by atoms with van der Waals surface area (Å²) in [4.78, 5) is 29.9. The van der Waals surface area contributed by atoms with Gasteiger partial charge in [-0.25, -0.2) is 4.52 Å². The SMILES string of the molecule is O=C(CCn1ccn2nc3c(c2c1=O)CCCC3)N1CCN(c2ccccc2Cl)CC1. The van der Waals surface area contributed by atoms with E-state index in [1.807, 2.05) is 35.4 Å². The molecule has 31 heavy (non-hydrogen) atoms. The van der Waals surface area contributed by atoms with Crippen molar-refractivity contribution in [2.24, 2.45) is 0 Å². The highest BCUT2D eigenvalue weighted by Gasteiger charge is 2.23. The van der Waals surface area contributed by atoms with E-state index in [1.165, 1.54) is 0 Å². The number of nitrogens with zero attached hydrogens (tertiary/aromatic N) is 5. The number of halogens is 1. The van der Waals surface area contributed by atoms with Crippen LogP contribution in [0.25, 0.3) is 5.52 Å². The van der Waals surface area contributed by atoms with E-state index in [0.717, 1.165) is 60.7 Å². The van der Waals surface area contributed by atoms with E-state index in [4.69, 9.17) is 11.6 Å². The van der Waals surface area contributed by atoms with Gasteiger partial charge in [0.1, 0.15) is 5.52 Å². The number of hydrogen-bond acceptors (Lipinski definition) is 4. The van der Waals surface area contributed by atoms with Crippen molar-refractivity contribution in [3.8, 4) is 0 Å². The Kier molecular flexibility index (Phi) is 5.44. The topological polar surface area (TPSA) is 62.9 Å². The summed E-state index contributed by atoms with van der Waals surface area (Å²) >= 11 is 6.31. The van der Waals surface area contributed by atoms with Gasteiger partial charge in [-0.3, -0.25) is 9.59 Å². The van der Waals surface area contributed by atoms with E-state index in [9.17, 15) is 9.59 Å². The highest BCUT2D eigenvalue weighted by atomic mass is 35.5. The number of rotatable bonds is 4. The van der Waals surface area contributed by atoms with Crippen molar-refractivity contribution in [1.29, 1.82) is 0 Å². The summed E-state index contributed by atoms with van der Waals surface area (Å²) in [5.74, 6) is 0.0844. The van der Waals surface area contributed by atoms with Crippen LogP contribution in [0.15, 0.2) is 41.5 Å². The van der Waals surface area contributed by atoms with Gasteiger partial charge in [-0.15, -0.1) is 0 Å². The molecule has 2 aliphatic rings. The van der Waals surface area contributed by atoms with Crippen LogP contribution < -0.4 is 10.5 Å². The Labute approximate surface area is 185 Å². The largest absolute Gasteiger partial charge is 0.367 e. The molecule has 0 bridgehead atoms. The summed E-state index contributed by atoms with van der Waals surface area (Å²) in [6, 6.07) is 7.80. The summed E-state index contributed by atoms with van der Waals surface area (Å²) in [5, 5.41) is 5.31. The molecule has 0 spiro atoms. The normalized spacial score (nSPS) is 16.5. The number of anilines is 1. The standard InChI is InChI=1S/C23H26ClN5O2/c24-18-6-2-4-8-20(18)26-11-13-27(14-12-26)21(30)9-10-28-15-16-29-22(23(28)31)17-5-1-3-7-19(17)25-29/h2,4,6,8,15-16H,1,3,5,7,9-14H2. The molecule has 1 saturated heterocycles. The van der Waals surface area contributed by atoms with E-state index in [0.29, 0.717) is 31.6 Å². The minimum absolute atomic E-state index is 0.0468. The van der Waals surface area contributed by atoms with E-state index in [2.05, 4.69) is 10.00 Å². The van der Waals surface area contributed by atoms with Gasteiger partial charge in [-0.05, 0) is 37.8 Å². The van der Waals surface area contributed by atoms with Gasteiger partial charge in [0.2, 0.25) is 5.91 Å². The number of piperazine rings is 1. The molecule has 1 aromatic carbocycles. The van der Waals surface area contributed by atoms with Crippen LogP contribution in [-0.2, 0) is 24.2 Å². The maximum atomic E-state index is 13.0. The molecular weight excluding hydrogens is 414 g/mol. The van der Waals surface area contributed by atoms with Crippen LogP contribution in [0.1, 0.15) is 30.5 Å². The van der Waals surface area contributed by atoms with Gasteiger partial charge < -0.3 is 14.4 Å². The van der Waals surface area contributed by atoms with Gasteiger partial charge >= 0.3 is 0 Å². The maximum Gasteiger partial charge on any atom is 0.276 e. The predicted octanol–water partition coefficient (Wildman–Crippen LogP) is 2.77. The minimum atomic E-state index is -0.0468. The third-order valence-electron chi connectivity index (χ3n) is 6.43. The fraction of sp³-hybridized carbons (Fsp3) is 0.435. The maximum absolute atomic E-state index is 13.0. The van der Waals surface area contributed by atoms with Crippen molar-refractivity contribution >= 4 is 28.7 Å². The first-order valence-electron chi connectivity index (χ1n) is 11.0. The zero-order chi connectivity index (χ0) is 21.4. The highest BCUT2D eigenvalue weighted by Crippen LogP contribution is 2.26. The Hall–Kier alpha value is -2.80. The Morgan fingerprint density at radius 3 is 2.61 bits per heavy atom. The summed E-state index contributed by atoms with van der Waals surface area (Å²) in [5.41, 5.74) is 3.79. The number of aromatic nitrogens is 3. The van der Waals surface area contributed by atoms with Crippen molar-refractivity contribution < 1.29 is 4.79 Å². The number of fused-ring (bicyclic) bond motifs is 3. The number of carbonyl (C=O) groups excluding carboxylic acids is 1. The Morgan fingerprint density at radius 1 is 1.03 bits per heavy atom. The lowest BCUT2D eigenvalue weighted by molar-refractivity contribution is -0.131. The molecule has 0 atom stereocenters. The molecule has 2 aromatic heterocycles. The van der Waals surface area contributed by atoms with Gasteiger partial charge in [0.15, 0.2) is 0 Å². The first-order chi connectivity index (χ1) is 15.1. The molecular formula is C23H26ClN5O2. The molecule has 162 valence electrons. The Morgan fingerprint density at radius 2 is 1.81 bits per heavy atom. The molecule has 1 aliphatic heterocycles. The van der Waals surface area contributed by atoms with Crippen LogP contribution in [0.4, 0.5) is 5.69 Å². The molecule has 0 radical (unpaired) electrons. The summed E-state index contributed by atoms with van der Waals surface area (Å²) in [7, 11) is 0. The zero-order valence-corrected chi connectivity index (χ0v) is 18.2. The van der Waals surface area contributed by atoms with Crippen molar-refractivity contribution in [3.63, 3.8) is 0 Å². The summed E-state index contributed by atoms with van der Waals surface area (Å²) in [6.45, 7) is 3.22. The predicted molar refractivity (Wildman–Crippen MR) is 121 cm³/mol. The number of aryl methyl sites for hydroxylation is 3. The molecule has 3 aromatic rings. The lowest BCUT2D eigenvalue weighted by Gasteiger charge is -2.36. The lowest BCUT2D eigenvalue weighted by Crippen LogP contribution is -2.49. The van der Waals surface area contributed by atoms with Crippen LogP contribution in [0.2, 0.25) is 5.02 Å². The van der Waals surface area contributed by atoms with Crippen LogP contribution in [0.5, 0.6) is 0 Å². The molecule has 3 heterocycles. The van der Waals surface area contributed by atoms with E-state index >= 15 is 0 Å². The van der Waals surface area contributed by atoms with E-state index in [1.54, 1.807) is 15.3 Å². The summed E-state index contributed by atoms with van der Waals surface area (Å²) in [6.07, 6.45) is 7.98. The van der Waals surface area contributed by atoms with Crippen LogP contribution in [0, 0.1) is 0 Å². The fourth-order valence-corrected chi connectivity index (χ4v) is 4.97. The number of para-hydroxylation sites is 1. The van der Waals surface area contributed by atoms with Gasteiger partial charge in [-0.1, -0.05) is 23.7 Å². The minimum Gasteiger partial charge on any atom is -0.367 e. The quantitative estimate of drug-likeness (QED) is 0.627. The zero-order valence-electron chi connectivity index (χ0n) is 17.5. The van der Waals surface area contributed by atoms with Crippen LogP contribution >= 0.6 is 11.6 Å². The molecule has 1 aliphatic carbocycles. The van der Waals surface area contributed by atoms with Crippen LogP contribution in [-0.4, -0.2) is 51.2 Å². The van der Waals surface area contributed by atoms with Gasteiger partial charge in [-0.2, -0.15) is 5.10 Å². The molecule has 0 saturated carbocycles. The monoisotopic (exact) mass is 439 g/mol. The second kappa shape index (κ2) is 8.38. The number of carbonyl (C=O) groups is 1. The second-order valence-electron chi connectivity index (χ2n) is 8.29. The fourth-order valence-electron chi connectivity index (χ4n) is 4.71. The third-order valence-corrected chi connectivity index (χ3v) is 6.75. The number of hydrogen-bond donors (Lipinski definition) is 0. The smallest absolute Gasteiger partial charge is 0.276 e. The first-order valence-corrected chi connectivity index (χ1v) is 11.4. The van der Waals surface area contributed by atoms with Crippen molar-refractivity contribution in [2.75, 3.05) is 31.1 Å². The van der Waals surface area contributed by atoms with Gasteiger partial charge in [0.05, 0.1) is 16.4 Å². The van der Waals surface area contributed by atoms with E-state index in [-0.39, 0.29) is 11.5 Å². The van der Waals surface area contributed by atoms with Gasteiger partial charge in [0.25, 0.3) is 5.56 Å². The van der Waals surface area contributed by atoms with Crippen LogP contribution in [0.3, 0.4) is 0 Å². The average Bonchev–Trinajstić information content (AvgIpc) is 3.18. The number of benzene rings is 1. The summed E-state index contributed by atoms with van der Waals surface area (Å²) < 4.78 is 3.37. The molecule has 7 nitrogen and oxygen atoms in total. The molecule has 0 N–H and O–H groups in total. The van der Waals surface area contributed by atoms with Crippen molar-refractivity contribution in [2.45, 2.75) is 38.6 Å². The highest BCUT2D eigenvalue weighted by molar-refractivity contribution is 6.33. The molecule has 8 heteroatoms. The molecule has 1 amide bonds. The molecule has 5 rings (SSSR count). The Balaban J connectivity index is 1.23. The van der Waals surface area contributed by atoms with E-state index < -0.39 is 0 Å². The first kappa shape index (κ1) is 20.1. The third kappa shape index (κ3) is 3.83. The van der Waals surface area contributed by atoms with Crippen molar-refractivity contribution in [1.82, 2.24) is 19.1 Å². The van der Waals surface area contributed by atoms with Crippen molar-refractivity contribution in [3.05, 3.63) is 63.3 Å². The molecule has 0 unspecified atom stereocenters. The Bertz CT molecular complexity index is 1180. The molecule has 1 fully saturated rings. The second-order valence-corrected chi connectivity index (χ2v) is 8.70. The lowest BCUT2D eigenvalue weighted by atomic mass is 9.97. The number of amides is 1. The average molecular weight is 440 g/mol. The van der Waals surface area contributed by atoms with Gasteiger partial charge in [0, 0.05) is 57.1 Å².